The Bertz CT molecular complexity index is 661. The minimum atomic E-state index is -0.0389. The van der Waals surface area contributed by atoms with Gasteiger partial charge in [-0.3, -0.25) is 4.79 Å². The number of carbonyl (C=O) groups excluding carboxylic acids is 1. The fourth-order valence-electron chi connectivity index (χ4n) is 2.13. The summed E-state index contributed by atoms with van der Waals surface area (Å²) in [7, 11) is 3.66. The van der Waals surface area contributed by atoms with Gasteiger partial charge in [0.1, 0.15) is 12.4 Å². The number of benzene rings is 2. The summed E-state index contributed by atoms with van der Waals surface area (Å²) < 4.78 is 6.88. The zero-order valence-electron chi connectivity index (χ0n) is 13.4. The molecule has 0 aromatic heterocycles. The van der Waals surface area contributed by atoms with Crippen LogP contribution in [0.4, 0.5) is 0 Å². The summed E-state index contributed by atoms with van der Waals surface area (Å²) in [6.45, 7) is 1.81. The Labute approximate surface area is 145 Å². The van der Waals surface area contributed by atoms with Gasteiger partial charge in [0.2, 0.25) is 0 Å². The third-order valence-corrected chi connectivity index (χ3v) is 4.28. The minimum Gasteiger partial charge on any atom is -0.488 e. The van der Waals surface area contributed by atoms with Crippen LogP contribution >= 0.6 is 15.9 Å². The van der Waals surface area contributed by atoms with Crippen molar-refractivity contribution in [1.82, 2.24) is 10.2 Å². The van der Waals surface area contributed by atoms with Gasteiger partial charge in [-0.15, -0.1) is 0 Å². The lowest BCUT2D eigenvalue weighted by molar-refractivity contribution is 0.0792. The third kappa shape index (κ3) is 4.81. The van der Waals surface area contributed by atoms with Crippen molar-refractivity contribution in [2.24, 2.45) is 0 Å². The smallest absolute Gasteiger partial charge is 0.257 e. The molecule has 0 atom stereocenters. The van der Waals surface area contributed by atoms with Crippen molar-refractivity contribution in [2.45, 2.75) is 6.61 Å². The summed E-state index contributed by atoms with van der Waals surface area (Å²) in [6, 6.07) is 15.2. The molecule has 2 rings (SSSR count). The van der Waals surface area contributed by atoms with Crippen LogP contribution in [-0.2, 0) is 6.61 Å². The summed E-state index contributed by atoms with van der Waals surface area (Å²) in [5.41, 5.74) is 1.62. The highest BCUT2D eigenvalue weighted by atomic mass is 79.9. The van der Waals surface area contributed by atoms with Crippen molar-refractivity contribution in [3.63, 3.8) is 0 Å². The number of ether oxygens (including phenoxy) is 1. The van der Waals surface area contributed by atoms with Crippen molar-refractivity contribution in [3.05, 3.63) is 64.1 Å². The van der Waals surface area contributed by atoms with Crippen molar-refractivity contribution in [3.8, 4) is 5.75 Å². The number of nitrogens with one attached hydrogen (secondary N) is 1. The molecule has 5 heteroatoms. The lowest BCUT2D eigenvalue weighted by Gasteiger charge is -2.19. The molecule has 2 aromatic carbocycles. The molecule has 1 N–H and O–H groups in total. The third-order valence-electron chi connectivity index (χ3n) is 3.50. The van der Waals surface area contributed by atoms with Gasteiger partial charge in [-0.25, -0.2) is 0 Å². The maximum absolute atomic E-state index is 12.6. The average molecular weight is 377 g/mol. The fourth-order valence-corrected chi connectivity index (χ4v) is 2.53. The first-order valence-electron chi connectivity index (χ1n) is 7.48. The van der Waals surface area contributed by atoms with Gasteiger partial charge < -0.3 is 15.0 Å². The predicted octanol–water partition coefficient (Wildman–Crippen LogP) is 3.32. The maximum Gasteiger partial charge on any atom is 0.257 e. The first kappa shape index (κ1) is 17.5. The highest BCUT2D eigenvalue weighted by Gasteiger charge is 2.16. The van der Waals surface area contributed by atoms with E-state index in [2.05, 4.69) is 21.2 Å². The second kappa shape index (κ2) is 8.70. The topological polar surface area (TPSA) is 41.6 Å². The van der Waals surface area contributed by atoms with Crippen LogP contribution in [0, 0.1) is 0 Å². The minimum absolute atomic E-state index is 0.0389. The first-order valence-corrected chi connectivity index (χ1v) is 8.28. The normalized spacial score (nSPS) is 10.4. The molecule has 0 heterocycles. The molecule has 0 aliphatic rings. The molecule has 0 saturated carbocycles. The molecule has 0 aliphatic heterocycles. The Kier molecular flexibility index (Phi) is 6.62. The second-order valence-electron chi connectivity index (χ2n) is 5.21. The van der Waals surface area contributed by atoms with Crippen LogP contribution in [0.15, 0.2) is 53.0 Å². The highest BCUT2D eigenvalue weighted by Crippen LogP contribution is 2.23. The molecule has 0 unspecified atom stereocenters. The number of halogens is 1. The molecule has 0 spiro atoms. The summed E-state index contributed by atoms with van der Waals surface area (Å²) in [4.78, 5) is 14.3. The van der Waals surface area contributed by atoms with Gasteiger partial charge in [-0.2, -0.15) is 0 Å². The molecular formula is C18H21BrN2O2. The fraction of sp³-hybridized carbons (Fsp3) is 0.278. The maximum atomic E-state index is 12.6. The molecule has 0 radical (unpaired) electrons. The molecule has 0 fully saturated rings. The Balaban J connectivity index is 2.11. The number of likely N-dealkylation sites (N-methyl/N-ethyl adjacent to an activating group) is 2. The van der Waals surface area contributed by atoms with Crippen LogP contribution in [-0.4, -0.2) is 38.0 Å². The van der Waals surface area contributed by atoms with E-state index in [-0.39, 0.29) is 5.91 Å². The number of hydrogen-bond donors (Lipinski definition) is 1. The van der Waals surface area contributed by atoms with Crippen molar-refractivity contribution in [2.75, 3.05) is 27.2 Å². The zero-order valence-corrected chi connectivity index (χ0v) is 15.0. The SMILES string of the molecule is CNCCN(C)C(=O)c1ccccc1OCc1ccccc1Br. The molecule has 0 bridgehead atoms. The number of carbonyl (C=O) groups is 1. The second-order valence-corrected chi connectivity index (χ2v) is 6.06. The van der Waals surface area contributed by atoms with E-state index in [1.54, 1.807) is 18.0 Å². The first-order chi connectivity index (χ1) is 11.1. The van der Waals surface area contributed by atoms with E-state index >= 15 is 0 Å². The largest absolute Gasteiger partial charge is 0.488 e. The summed E-state index contributed by atoms with van der Waals surface area (Å²) in [6.07, 6.45) is 0. The van der Waals surface area contributed by atoms with E-state index in [1.165, 1.54) is 0 Å². The number of rotatable bonds is 7. The number of nitrogens with zero attached hydrogens (tertiary/aromatic N) is 1. The molecule has 0 aliphatic carbocycles. The molecule has 1 amide bonds. The molecule has 0 saturated heterocycles. The van der Waals surface area contributed by atoms with Crippen LogP contribution in [0.2, 0.25) is 0 Å². The van der Waals surface area contributed by atoms with E-state index in [9.17, 15) is 4.79 Å². The van der Waals surface area contributed by atoms with E-state index in [0.29, 0.717) is 24.5 Å². The van der Waals surface area contributed by atoms with Gasteiger partial charge >= 0.3 is 0 Å². The molecule has 4 nitrogen and oxygen atoms in total. The number of para-hydroxylation sites is 1. The van der Waals surface area contributed by atoms with Gasteiger partial charge in [-0.1, -0.05) is 46.3 Å². The van der Waals surface area contributed by atoms with Gasteiger partial charge in [0.25, 0.3) is 5.91 Å². The standard InChI is InChI=1S/C18H21BrN2O2/c1-20-11-12-21(2)18(22)15-8-4-6-10-17(15)23-13-14-7-3-5-9-16(14)19/h3-10,20H,11-13H2,1-2H3. The lowest BCUT2D eigenvalue weighted by atomic mass is 10.1. The Morgan fingerprint density at radius 2 is 1.87 bits per heavy atom. The molecule has 23 heavy (non-hydrogen) atoms. The number of hydrogen-bond acceptors (Lipinski definition) is 3. The lowest BCUT2D eigenvalue weighted by Crippen LogP contribution is -2.33. The van der Waals surface area contributed by atoms with Gasteiger partial charge in [0.15, 0.2) is 0 Å². The van der Waals surface area contributed by atoms with Gasteiger partial charge in [-0.05, 0) is 25.2 Å². The van der Waals surface area contributed by atoms with Crippen LogP contribution in [0.5, 0.6) is 5.75 Å². The van der Waals surface area contributed by atoms with E-state index < -0.39 is 0 Å². The molecule has 2 aromatic rings. The Morgan fingerprint density at radius 3 is 2.61 bits per heavy atom. The quantitative estimate of drug-likeness (QED) is 0.805. The highest BCUT2D eigenvalue weighted by molar-refractivity contribution is 9.10. The molecular weight excluding hydrogens is 356 g/mol. The van der Waals surface area contributed by atoms with Crippen molar-refractivity contribution < 1.29 is 9.53 Å². The van der Waals surface area contributed by atoms with Crippen LogP contribution in [0.1, 0.15) is 15.9 Å². The van der Waals surface area contributed by atoms with Crippen molar-refractivity contribution in [1.29, 1.82) is 0 Å². The summed E-state index contributed by atoms with van der Waals surface area (Å²) >= 11 is 3.51. The average Bonchev–Trinajstić information content (AvgIpc) is 2.58. The zero-order chi connectivity index (χ0) is 16.7. The van der Waals surface area contributed by atoms with Crippen LogP contribution in [0.25, 0.3) is 0 Å². The van der Waals surface area contributed by atoms with Gasteiger partial charge in [0.05, 0.1) is 5.56 Å². The van der Waals surface area contributed by atoms with E-state index in [0.717, 1.165) is 16.6 Å². The Morgan fingerprint density at radius 1 is 1.17 bits per heavy atom. The van der Waals surface area contributed by atoms with Gasteiger partial charge in [0, 0.05) is 30.2 Å². The van der Waals surface area contributed by atoms with Crippen LogP contribution < -0.4 is 10.1 Å². The van der Waals surface area contributed by atoms with Crippen molar-refractivity contribution >= 4 is 21.8 Å². The number of amides is 1. The summed E-state index contributed by atoms with van der Waals surface area (Å²) in [5.74, 6) is 0.563. The monoisotopic (exact) mass is 376 g/mol. The molecule has 122 valence electrons. The summed E-state index contributed by atoms with van der Waals surface area (Å²) in [5, 5.41) is 3.04. The van der Waals surface area contributed by atoms with Crippen LogP contribution in [0.3, 0.4) is 0 Å². The Hall–Kier alpha value is -1.85. The predicted molar refractivity (Wildman–Crippen MR) is 95.8 cm³/mol. The van der Waals surface area contributed by atoms with E-state index in [1.807, 2.05) is 49.5 Å². The van der Waals surface area contributed by atoms with E-state index in [4.69, 9.17) is 4.74 Å².